The van der Waals surface area contributed by atoms with Gasteiger partial charge >= 0.3 is 59.1 Å². The topological polar surface area (TPSA) is 47.6 Å². The molecule has 0 aliphatic carbocycles. The molecule has 0 fully saturated rings. The van der Waals surface area contributed by atoms with Crippen LogP contribution in [-0.4, -0.2) is 59.1 Å². The van der Waals surface area contributed by atoms with Gasteiger partial charge in [0.15, 0.2) is 0 Å². The van der Waals surface area contributed by atoms with E-state index in [0.29, 0.717) is 0 Å². The Morgan fingerprint density at radius 3 is 1.20 bits per heavy atom. The minimum atomic E-state index is 0. The van der Waals surface area contributed by atoms with Gasteiger partial charge in [0.2, 0.25) is 0 Å². The summed E-state index contributed by atoms with van der Waals surface area (Å²) in [6.07, 6.45) is 0. The van der Waals surface area contributed by atoms with Crippen LogP contribution in [0.15, 0.2) is 9.81 Å². The van der Waals surface area contributed by atoms with E-state index in [1.165, 1.54) is 0 Å². The maximum atomic E-state index is 8.05. The molecule has 0 saturated heterocycles. The fourth-order valence-corrected chi connectivity index (χ4v) is 0.206. The van der Waals surface area contributed by atoms with Gasteiger partial charge in [0.25, 0.3) is 0 Å². The summed E-state index contributed by atoms with van der Waals surface area (Å²) in [7, 11) is 0. The third-order valence-corrected chi connectivity index (χ3v) is 1.26. The maximum absolute atomic E-state index is 8.05. The number of thiol groups is 2. The number of hydrogen-bond donors (Lipinski definition) is 2. The van der Waals surface area contributed by atoms with Crippen LogP contribution in [0.3, 0.4) is 0 Å². The van der Waals surface area contributed by atoms with Crippen LogP contribution in [-0.2, 0) is 0 Å². The van der Waals surface area contributed by atoms with Crippen LogP contribution < -0.4 is 0 Å². The molecule has 0 bridgehead atoms. The molecule has 0 atom stereocenters. The molecule has 0 aromatic carbocycles. The van der Waals surface area contributed by atoms with Gasteiger partial charge in [0.05, 0.1) is 0 Å². The molecular formula is C4H4N2Na2S2. The van der Waals surface area contributed by atoms with Crippen molar-refractivity contribution in [1.29, 1.82) is 10.5 Å². The minimum absolute atomic E-state index is 0. The molecule has 0 rings (SSSR count). The Morgan fingerprint density at radius 2 is 1.10 bits per heavy atom. The SMILES string of the molecule is N#C/C(S)=C(/S)C#N.[NaH].[NaH]. The monoisotopic (exact) mass is 190 g/mol. The fourth-order valence-electron chi connectivity index (χ4n) is 0.106. The Hall–Kier alpha value is 1.42. The molecule has 10 heavy (non-hydrogen) atoms. The standard InChI is InChI=1S/C4H2N2S2.2Na.2H/c5-1-3(7)4(8)2-6;;;;/h7-8H;;;;/b4-3-;;;;. The van der Waals surface area contributed by atoms with Crippen LogP contribution in [0.25, 0.3) is 0 Å². The molecule has 6 heteroatoms. The summed E-state index contributed by atoms with van der Waals surface area (Å²) in [5.74, 6) is 0. The zero-order valence-electron chi connectivity index (χ0n) is 3.79. The average molecular weight is 190 g/mol. The summed E-state index contributed by atoms with van der Waals surface area (Å²) in [6, 6.07) is 3.32. The first-order valence-electron chi connectivity index (χ1n) is 1.64. The van der Waals surface area contributed by atoms with E-state index in [1.54, 1.807) is 12.1 Å². The van der Waals surface area contributed by atoms with Crippen molar-refractivity contribution in [1.82, 2.24) is 0 Å². The van der Waals surface area contributed by atoms with Crippen molar-refractivity contribution in [2.24, 2.45) is 0 Å². The second-order valence-corrected chi connectivity index (χ2v) is 1.82. The zero-order valence-corrected chi connectivity index (χ0v) is 5.58. The van der Waals surface area contributed by atoms with E-state index in [1.807, 2.05) is 0 Å². The van der Waals surface area contributed by atoms with Gasteiger partial charge in [-0.05, 0) is 0 Å². The summed E-state index contributed by atoms with van der Waals surface area (Å²) in [5, 5.41) is 16.1. The Bertz CT molecular complexity index is 178. The number of allylic oxidation sites excluding steroid dienone is 2. The molecule has 0 aliphatic rings. The molecule has 0 N–H and O–H groups in total. The van der Waals surface area contributed by atoms with E-state index in [-0.39, 0.29) is 68.9 Å². The van der Waals surface area contributed by atoms with Gasteiger partial charge in [-0.15, -0.1) is 25.3 Å². The van der Waals surface area contributed by atoms with Crippen molar-refractivity contribution in [3.8, 4) is 12.1 Å². The average Bonchev–Trinajstić information content (AvgIpc) is 1.84. The van der Waals surface area contributed by atoms with Crippen molar-refractivity contribution in [3.63, 3.8) is 0 Å². The molecule has 0 radical (unpaired) electrons. The van der Waals surface area contributed by atoms with Crippen LogP contribution in [0.1, 0.15) is 0 Å². The van der Waals surface area contributed by atoms with Crippen LogP contribution in [0, 0.1) is 22.7 Å². The van der Waals surface area contributed by atoms with Gasteiger partial charge in [-0.1, -0.05) is 0 Å². The number of nitrogens with zero attached hydrogens (tertiary/aromatic N) is 2. The molecule has 44 valence electrons. The van der Waals surface area contributed by atoms with Gasteiger partial charge in [0, 0.05) is 0 Å². The molecule has 0 spiro atoms. The van der Waals surface area contributed by atoms with Crippen molar-refractivity contribution in [3.05, 3.63) is 9.81 Å². The van der Waals surface area contributed by atoms with Crippen molar-refractivity contribution < 1.29 is 0 Å². The predicted octanol–water partition coefficient (Wildman–Crippen LogP) is -0.192. The van der Waals surface area contributed by atoms with Gasteiger partial charge in [0.1, 0.15) is 21.9 Å². The van der Waals surface area contributed by atoms with Crippen molar-refractivity contribution >= 4 is 84.4 Å². The van der Waals surface area contributed by atoms with Crippen molar-refractivity contribution in [2.75, 3.05) is 0 Å². The Kier molecular flexibility index (Phi) is 18.2. The summed E-state index contributed by atoms with van der Waals surface area (Å²) >= 11 is 7.25. The zero-order chi connectivity index (χ0) is 6.57. The van der Waals surface area contributed by atoms with Gasteiger partial charge in [-0.3, -0.25) is 0 Å². The van der Waals surface area contributed by atoms with E-state index in [0.717, 1.165) is 0 Å². The van der Waals surface area contributed by atoms with Crippen molar-refractivity contribution in [2.45, 2.75) is 0 Å². The van der Waals surface area contributed by atoms with Crippen LogP contribution in [0.4, 0.5) is 0 Å². The van der Waals surface area contributed by atoms with E-state index < -0.39 is 0 Å². The third kappa shape index (κ3) is 7.53. The first-order valence-corrected chi connectivity index (χ1v) is 2.54. The second kappa shape index (κ2) is 10.4. The van der Waals surface area contributed by atoms with Crippen LogP contribution >= 0.6 is 25.3 Å². The molecule has 0 amide bonds. The molecule has 0 saturated carbocycles. The summed E-state index contributed by atoms with van der Waals surface area (Å²) < 4.78 is 0. The fraction of sp³-hybridized carbons (Fsp3) is 0. The molecule has 2 nitrogen and oxygen atoms in total. The third-order valence-electron chi connectivity index (χ3n) is 0.436. The molecular weight excluding hydrogens is 186 g/mol. The Morgan fingerprint density at radius 1 is 0.900 bits per heavy atom. The molecule has 0 unspecified atom stereocenters. The van der Waals surface area contributed by atoms with Gasteiger partial charge in [-0.2, -0.15) is 10.5 Å². The number of nitriles is 2. The van der Waals surface area contributed by atoms with E-state index in [4.69, 9.17) is 10.5 Å². The van der Waals surface area contributed by atoms with E-state index >= 15 is 0 Å². The van der Waals surface area contributed by atoms with Crippen LogP contribution in [0.2, 0.25) is 0 Å². The Balaban J connectivity index is -0.000000245. The molecule has 0 aromatic heterocycles. The first kappa shape index (κ1) is 17.5. The summed E-state index contributed by atoms with van der Waals surface area (Å²) in [6.45, 7) is 0. The van der Waals surface area contributed by atoms with Crippen LogP contribution in [0.5, 0.6) is 0 Å². The quantitative estimate of drug-likeness (QED) is 0.316. The van der Waals surface area contributed by atoms with E-state index in [9.17, 15) is 0 Å². The number of rotatable bonds is 0. The second-order valence-electron chi connectivity index (χ2n) is 0.921. The van der Waals surface area contributed by atoms with Gasteiger partial charge < -0.3 is 0 Å². The summed E-state index contributed by atoms with van der Waals surface area (Å²) in [4.78, 5) is 0.103. The normalized spacial score (nSPS) is 8.80. The molecule has 0 aliphatic heterocycles. The van der Waals surface area contributed by atoms with Gasteiger partial charge in [-0.25, -0.2) is 0 Å². The number of hydrogen-bond acceptors (Lipinski definition) is 4. The molecule has 0 heterocycles. The Labute approximate surface area is 115 Å². The summed E-state index contributed by atoms with van der Waals surface area (Å²) in [5.41, 5.74) is 0. The first-order chi connectivity index (χ1) is 3.72. The predicted molar refractivity (Wildman–Crippen MR) is 50.5 cm³/mol. The van der Waals surface area contributed by atoms with E-state index in [2.05, 4.69) is 25.3 Å². The molecule has 0 aromatic rings.